The zero-order chi connectivity index (χ0) is 19.5. The van der Waals surface area contributed by atoms with Crippen molar-refractivity contribution >= 4 is 12.0 Å². The lowest BCUT2D eigenvalue weighted by Crippen LogP contribution is -2.39. The highest BCUT2D eigenvalue weighted by Gasteiger charge is 2.53. The molecule has 0 aromatic heterocycles. The van der Waals surface area contributed by atoms with Crippen LogP contribution >= 0.6 is 0 Å². The van der Waals surface area contributed by atoms with E-state index in [0.717, 1.165) is 4.90 Å². The molecule has 2 N–H and O–H groups in total. The van der Waals surface area contributed by atoms with Crippen molar-refractivity contribution in [3.8, 4) is 5.75 Å². The standard InChI is InChI=1S/C15H15F5N2O4/c16-13(17)26-9-3-1-8(2-4-9)5-21-14(25)22-6-10(12(23)24)11(7-22)15(18,19)20/h1-4,10-11,13H,5-7H2,(H,21,25)(H,23,24)/t10-,11-/m1/s1. The second-order valence-electron chi connectivity index (χ2n) is 5.68. The zero-order valence-corrected chi connectivity index (χ0v) is 13.2. The predicted molar refractivity (Wildman–Crippen MR) is 77.6 cm³/mol. The summed E-state index contributed by atoms with van der Waals surface area (Å²) < 4.78 is 67.0. The van der Waals surface area contributed by atoms with Crippen LogP contribution in [0.15, 0.2) is 24.3 Å². The molecule has 1 aliphatic heterocycles. The van der Waals surface area contributed by atoms with Crippen molar-refractivity contribution in [3.05, 3.63) is 29.8 Å². The second kappa shape index (κ2) is 7.75. The van der Waals surface area contributed by atoms with Crippen LogP contribution in [0.3, 0.4) is 0 Å². The van der Waals surface area contributed by atoms with E-state index in [9.17, 15) is 31.5 Å². The quantitative estimate of drug-likeness (QED) is 0.768. The van der Waals surface area contributed by atoms with Gasteiger partial charge in [0.05, 0.1) is 11.8 Å². The number of hydrogen-bond acceptors (Lipinski definition) is 3. The summed E-state index contributed by atoms with van der Waals surface area (Å²) in [6.45, 7) is -4.34. The molecule has 2 atom stereocenters. The minimum atomic E-state index is -4.72. The molecule has 0 aliphatic carbocycles. The van der Waals surface area contributed by atoms with Gasteiger partial charge in [-0.1, -0.05) is 12.1 Å². The maximum atomic E-state index is 12.9. The van der Waals surface area contributed by atoms with Gasteiger partial charge in [0.25, 0.3) is 0 Å². The largest absolute Gasteiger partial charge is 0.481 e. The van der Waals surface area contributed by atoms with Gasteiger partial charge in [0.1, 0.15) is 5.75 Å². The number of carbonyl (C=O) groups is 2. The van der Waals surface area contributed by atoms with Crippen molar-refractivity contribution < 1.29 is 41.4 Å². The van der Waals surface area contributed by atoms with Gasteiger partial charge in [-0.05, 0) is 17.7 Å². The van der Waals surface area contributed by atoms with Gasteiger partial charge >= 0.3 is 24.8 Å². The maximum Gasteiger partial charge on any atom is 0.394 e. The van der Waals surface area contributed by atoms with E-state index < -0.39 is 49.7 Å². The lowest BCUT2D eigenvalue weighted by atomic mass is 9.96. The van der Waals surface area contributed by atoms with E-state index in [1.54, 1.807) is 0 Å². The van der Waals surface area contributed by atoms with Gasteiger partial charge in [-0.25, -0.2) is 4.79 Å². The number of aliphatic carboxylic acids is 1. The van der Waals surface area contributed by atoms with E-state index in [-0.39, 0.29) is 12.3 Å². The summed E-state index contributed by atoms with van der Waals surface area (Å²) in [6, 6.07) is 4.48. The second-order valence-corrected chi connectivity index (χ2v) is 5.68. The Labute approximate surface area is 144 Å². The van der Waals surface area contributed by atoms with Gasteiger partial charge in [0.15, 0.2) is 0 Å². The Hall–Kier alpha value is -2.59. The molecule has 0 bridgehead atoms. The lowest BCUT2D eigenvalue weighted by molar-refractivity contribution is -0.187. The summed E-state index contributed by atoms with van der Waals surface area (Å²) in [4.78, 5) is 23.8. The number of carboxylic acids is 1. The fourth-order valence-corrected chi connectivity index (χ4v) is 2.63. The SMILES string of the molecule is O=C(O)[C@@H]1CN(C(=O)NCc2ccc(OC(F)F)cc2)C[C@H]1C(F)(F)F. The average Bonchev–Trinajstić information content (AvgIpc) is 2.99. The molecule has 2 rings (SSSR count). The van der Waals surface area contributed by atoms with Crippen LogP contribution in [0.1, 0.15) is 5.56 Å². The number of nitrogens with one attached hydrogen (secondary N) is 1. The Morgan fingerprint density at radius 1 is 1.23 bits per heavy atom. The van der Waals surface area contributed by atoms with Gasteiger partial charge in [-0.2, -0.15) is 22.0 Å². The number of halogens is 5. The molecule has 1 aromatic rings. The van der Waals surface area contributed by atoms with Gasteiger partial charge in [0.2, 0.25) is 0 Å². The topological polar surface area (TPSA) is 78.9 Å². The van der Waals surface area contributed by atoms with Crippen LogP contribution in [-0.2, 0) is 11.3 Å². The molecule has 0 saturated carbocycles. The summed E-state index contributed by atoms with van der Waals surface area (Å²) in [5.74, 6) is -5.53. The third-order valence-corrected chi connectivity index (χ3v) is 3.94. The number of alkyl halides is 5. The first kappa shape index (κ1) is 19.7. The fourth-order valence-electron chi connectivity index (χ4n) is 2.63. The Kier molecular flexibility index (Phi) is 5.88. The molecule has 6 nitrogen and oxygen atoms in total. The first-order valence-electron chi connectivity index (χ1n) is 7.44. The maximum absolute atomic E-state index is 12.9. The van der Waals surface area contributed by atoms with Crippen molar-refractivity contribution in [1.29, 1.82) is 0 Å². The Bertz CT molecular complexity index is 650. The van der Waals surface area contributed by atoms with Crippen LogP contribution in [0.5, 0.6) is 5.75 Å². The van der Waals surface area contributed by atoms with Crippen LogP contribution in [0, 0.1) is 11.8 Å². The molecule has 1 fully saturated rings. The highest BCUT2D eigenvalue weighted by atomic mass is 19.4. The van der Waals surface area contributed by atoms with E-state index in [0.29, 0.717) is 5.56 Å². The van der Waals surface area contributed by atoms with E-state index in [1.165, 1.54) is 24.3 Å². The molecule has 1 saturated heterocycles. The molecule has 1 aromatic carbocycles. The summed E-state index contributed by atoms with van der Waals surface area (Å²) in [5, 5.41) is 11.3. The summed E-state index contributed by atoms with van der Waals surface area (Å²) >= 11 is 0. The summed E-state index contributed by atoms with van der Waals surface area (Å²) in [5.41, 5.74) is 0.501. The van der Waals surface area contributed by atoms with Gasteiger partial charge in [-0.3, -0.25) is 4.79 Å². The van der Waals surface area contributed by atoms with Crippen molar-refractivity contribution in [2.24, 2.45) is 11.8 Å². The van der Waals surface area contributed by atoms with E-state index in [4.69, 9.17) is 5.11 Å². The van der Waals surface area contributed by atoms with Crippen LogP contribution in [0.25, 0.3) is 0 Å². The molecule has 1 heterocycles. The fraction of sp³-hybridized carbons (Fsp3) is 0.467. The Balaban J connectivity index is 1.92. The normalized spacial score (nSPS) is 20.3. The highest BCUT2D eigenvalue weighted by molar-refractivity contribution is 5.77. The van der Waals surface area contributed by atoms with Crippen LogP contribution in [0.4, 0.5) is 26.7 Å². The van der Waals surface area contributed by atoms with E-state index >= 15 is 0 Å². The Morgan fingerprint density at radius 3 is 2.31 bits per heavy atom. The van der Waals surface area contributed by atoms with Crippen molar-refractivity contribution in [1.82, 2.24) is 10.2 Å². The third-order valence-electron chi connectivity index (χ3n) is 3.94. The van der Waals surface area contributed by atoms with E-state index in [2.05, 4.69) is 10.1 Å². The number of urea groups is 1. The zero-order valence-electron chi connectivity index (χ0n) is 13.2. The van der Waals surface area contributed by atoms with E-state index in [1.807, 2.05) is 0 Å². The summed E-state index contributed by atoms with van der Waals surface area (Å²) in [7, 11) is 0. The molecule has 0 spiro atoms. The smallest absolute Gasteiger partial charge is 0.394 e. The van der Waals surface area contributed by atoms with Crippen molar-refractivity contribution in [3.63, 3.8) is 0 Å². The first-order chi connectivity index (χ1) is 12.1. The number of ether oxygens (including phenoxy) is 1. The third kappa shape index (κ3) is 4.96. The van der Waals surface area contributed by atoms with Crippen LogP contribution in [0.2, 0.25) is 0 Å². The number of carboxylic acid groups (broad SMARTS) is 1. The highest BCUT2D eigenvalue weighted by Crippen LogP contribution is 2.37. The number of hydrogen-bond donors (Lipinski definition) is 2. The van der Waals surface area contributed by atoms with Gasteiger partial charge in [0, 0.05) is 19.6 Å². The van der Waals surface area contributed by atoms with Crippen molar-refractivity contribution in [2.75, 3.05) is 13.1 Å². The average molecular weight is 382 g/mol. The minimum absolute atomic E-state index is 0.0707. The molecule has 144 valence electrons. The van der Waals surface area contributed by atoms with Crippen LogP contribution < -0.4 is 10.1 Å². The number of likely N-dealkylation sites (tertiary alicyclic amines) is 1. The number of benzene rings is 1. The molecule has 0 radical (unpaired) electrons. The molecule has 26 heavy (non-hydrogen) atoms. The lowest BCUT2D eigenvalue weighted by Gasteiger charge is -2.18. The first-order valence-corrected chi connectivity index (χ1v) is 7.44. The van der Waals surface area contributed by atoms with Crippen LogP contribution in [-0.4, -0.2) is 47.9 Å². The number of carbonyl (C=O) groups excluding carboxylic acids is 1. The monoisotopic (exact) mass is 382 g/mol. The number of amides is 2. The predicted octanol–water partition coefficient (Wildman–Crippen LogP) is 2.69. The molecular formula is C15H15F5N2O4. The molecule has 11 heteroatoms. The molecule has 2 amide bonds. The molecular weight excluding hydrogens is 367 g/mol. The molecule has 1 aliphatic rings. The van der Waals surface area contributed by atoms with Gasteiger partial charge in [-0.15, -0.1) is 0 Å². The number of rotatable bonds is 5. The number of nitrogens with zero attached hydrogens (tertiary/aromatic N) is 1. The van der Waals surface area contributed by atoms with Gasteiger partial charge < -0.3 is 20.1 Å². The summed E-state index contributed by atoms with van der Waals surface area (Å²) in [6.07, 6.45) is -4.72. The minimum Gasteiger partial charge on any atom is -0.481 e. The van der Waals surface area contributed by atoms with Crippen molar-refractivity contribution in [2.45, 2.75) is 19.3 Å². The Morgan fingerprint density at radius 2 is 1.85 bits per heavy atom. The molecule has 0 unspecified atom stereocenters.